The topological polar surface area (TPSA) is 97.4 Å². The van der Waals surface area contributed by atoms with Crippen molar-refractivity contribution in [1.29, 1.82) is 0 Å². The Morgan fingerprint density at radius 2 is 2.04 bits per heavy atom. The van der Waals surface area contributed by atoms with E-state index in [1.807, 2.05) is 24.4 Å². The van der Waals surface area contributed by atoms with Crippen molar-refractivity contribution in [3.8, 4) is 0 Å². The lowest BCUT2D eigenvalue weighted by molar-refractivity contribution is -0.127. The van der Waals surface area contributed by atoms with E-state index in [-0.39, 0.29) is 0 Å². The summed E-state index contributed by atoms with van der Waals surface area (Å²) < 4.78 is 6.11. The molecule has 2 N–H and O–H groups in total. The number of nitrogens with one attached hydrogen (secondary N) is 2. The Labute approximate surface area is 159 Å². The van der Waals surface area contributed by atoms with Gasteiger partial charge >= 0.3 is 12.0 Å². The fraction of sp³-hybridized carbons (Fsp3) is 0.294. The summed E-state index contributed by atoms with van der Waals surface area (Å²) in [7, 11) is 1.39. The Hall–Kier alpha value is -2.39. The summed E-state index contributed by atoms with van der Waals surface area (Å²) in [5.74, 6) is -0.754. The zero-order valence-electron chi connectivity index (χ0n) is 14.6. The van der Waals surface area contributed by atoms with Gasteiger partial charge in [-0.3, -0.25) is 10.1 Å². The maximum atomic E-state index is 12.4. The van der Waals surface area contributed by atoms with Crippen molar-refractivity contribution in [3.05, 3.63) is 46.5 Å². The van der Waals surface area contributed by atoms with Crippen LogP contribution in [0.15, 0.2) is 34.0 Å². The number of thioether (sulfide) groups is 1. The summed E-state index contributed by atoms with van der Waals surface area (Å²) in [6.07, 6.45) is -1.10. The van der Waals surface area contributed by atoms with Crippen molar-refractivity contribution in [2.45, 2.75) is 30.0 Å². The van der Waals surface area contributed by atoms with E-state index in [1.54, 1.807) is 23.5 Å². The number of hydrogen-bond donors (Lipinski definition) is 2. The molecule has 0 aliphatic rings. The van der Waals surface area contributed by atoms with Gasteiger partial charge in [-0.25, -0.2) is 14.6 Å². The van der Waals surface area contributed by atoms with Crippen molar-refractivity contribution in [1.82, 2.24) is 15.6 Å². The molecular weight excluding hydrogens is 374 g/mol. The van der Waals surface area contributed by atoms with Gasteiger partial charge < -0.3 is 10.1 Å². The molecule has 0 saturated heterocycles. The number of thiazole rings is 1. The van der Waals surface area contributed by atoms with E-state index in [9.17, 15) is 14.4 Å². The Morgan fingerprint density at radius 3 is 2.69 bits per heavy atom. The molecule has 0 aliphatic heterocycles. The predicted octanol–water partition coefficient (Wildman–Crippen LogP) is 2.74. The Morgan fingerprint density at radius 1 is 1.31 bits per heavy atom. The van der Waals surface area contributed by atoms with Crippen LogP contribution in [-0.2, 0) is 15.3 Å². The van der Waals surface area contributed by atoms with E-state index in [0.717, 1.165) is 15.6 Å². The molecule has 1 aromatic heterocycles. The number of aromatic nitrogens is 1. The summed E-state index contributed by atoms with van der Waals surface area (Å²) in [4.78, 5) is 39.8. The summed E-state index contributed by atoms with van der Waals surface area (Å²) in [6.45, 7) is 3.34. The third-order valence-corrected chi connectivity index (χ3v) is 5.49. The Balaban J connectivity index is 2.02. The summed E-state index contributed by atoms with van der Waals surface area (Å²) >= 11 is 3.08. The highest BCUT2D eigenvalue weighted by Gasteiger charge is 2.22. The highest BCUT2D eigenvalue weighted by Crippen LogP contribution is 2.27. The molecule has 3 amide bonds. The molecule has 26 heavy (non-hydrogen) atoms. The highest BCUT2D eigenvalue weighted by atomic mass is 32.2. The number of imide groups is 1. The van der Waals surface area contributed by atoms with E-state index in [1.165, 1.54) is 25.7 Å². The lowest BCUT2D eigenvalue weighted by atomic mass is 10.1. The molecule has 0 bridgehead atoms. The van der Waals surface area contributed by atoms with E-state index in [2.05, 4.69) is 15.6 Å². The average molecular weight is 393 g/mol. The molecule has 0 aliphatic carbocycles. The van der Waals surface area contributed by atoms with Crippen LogP contribution in [-0.4, -0.2) is 36.0 Å². The van der Waals surface area contributed by atoms with E-state index in [4.69, 9.17) is 4.74 Å². The standard InChI is InChI=1S/C17H19N3O4S2/c1-10-8-25-17(19-10)26-9-12-6-4-5-7-13(12)15(22)24-11(2)14(21)20-16(23)18-3/h4-8,11H,9H2,1-3H3,(H2,18,20,21,23)/t11-/m0/s1. The number of hydrogen-bond acceptors (Lipinski definition) is 7. The Kier molecular flexibility index (Phi) is 7.16. The van der Waals surface area contributed by atoms with Crippen LogP contribution < -0.4 is 10.6 Å². The third-order valence-electron chi connectivity index (χ3n) is 3.30. The minimum Gasteiger partial charge on any atom is -0.449 e. The summed E-state index contributed by atoms with van der Waals surface area (Å²) in [5, 5.41) is 6.30. The molecule has 0 saturated carbocycles. The van der Waals surface area contributed by atoms with Crippen molar-refractivity contribution >= 4 is 41.0 Å². The van der Waals surface area contributed by atoms with E-state index < -0.39 is 24.0 Å². The van der Waals surface area contributed by atoms with Gasteiger partial charge in [-0.05, 0) is 25.5 Å². The SMILES string of the molecule is CNC(=O)NC(=O)[C@H](C)OC(=O)c1ccccc1CSc1nc(C)cs1. The van der Waals surface area contributed by atoms with Gasteiger partial charge in [-0.1, -0.05) is 30.0 Å². The average Bonchev–Trinajstić information content (AvgIpc) is 3.05. The van der Waals surface area contributed by atoms with Crippen molar-refractivity contribution in [2.24, 2.45) is 0 Å². The van der Waals surface area contributed by atoms with Gasteiger partial charge in [-0.2, -0.15) is 0 Å². The number of esters is 1. The number of urea groups is 1. The van der Waals surface area contributed by atoms with Crippen LogP contribution in [0.4, 0.5) is 4.79 Å². The lowest BCUT2D eigenvalue weighted by Crippen LogP contribution is -2.43. The third kappa shape index (κ3) is 5.57. The van der Waals surface area contributed by atoms with Crippen molar-refractivity contribution in [3.63, 3.8) is 0 Å². The Bertz CT molecular complexity index is 807. The molecule has 1 atom stereocenters. The van der Waals surface area contributed by atoms with Gasteiger partial charge in [0.1, 0.15) is 4.34 Å². The lowest BCUT2D eigenvalue weighted by Gasteiger charge is -2.14. The van der Waals surface area contributed by atoms with Gasteiger partial charge in [0.2, 0.25) is 0 Å². The zero-order chi connectivity index (χ0) is 19.1. The van der Waals surface area contributed by atoms with Crippen LogP contribution >= 0.6 is 23.1 Å². The molecule has 1 heterocycles. The first kappa shape index (κ1) is 19.9. The number of carbonyl (C=O) groups excluding carboxylic acids is 3. The fourth-order valence-electron chi connectivity index (χ4n) is 1.94. The smallest absolute Gasteiger partial charge is 0.339 e. The first-order valence-corrected chi connectivity index (χ1v) is 9.63. The molecule has 138 valence electrons. The molecule has 0 spiro atoms. The first-order chi connectivity index (χ1) is 12.4. The molecule has 0 radical (unpaired) electrons. The second kappa shape index (κ2) is 9.35. The van der Waals surface area contributed by atoms with Crippen LogP contribution in [0.3, 0.4) is 0 Å². The molecule has 2 aromatic rings. The molecule has 1 aromatic carbocycles. The predicted molar refractivity (Wildman–Crippen MR) is 100 cm³/mol. The molecule has 7 nitrogen and oxygen atoms in total. The van der Waals surface area contributed by atoms with Gasteiger partial charge in [0.05, 0.1) is 5.56 Å². The normalized spacial score (nSPS) is 11.5. The molecule has 0 fully saturated rings. The number of nitrogens with zero attached hydrogens (tertiary/aromatic N) is 1. The first-order valence-electron chi connectivity index (χ1n) is 7.77. The van der Waals surface area contributed by atoms with Crippen molar-refractivity contribution < 1.29 is 19.1 Å². The quantitative estimate of drug-likeness (QED) is 0.579. The van der Waals surface area contributed by atoms with Crippen LogP contribution in [0.25, 0.3) is 0 Å². The summed E-state index contributed by atoms with van der Waals surface area (Å²) in [6, 6.07) is 6.39. The number of benzene rings is 1. The number of amides is 3. The molecule has 2 rings (SSSR count). The highest BCUT2D eigenvalue weighted by molar-refractivity contribution is 8.00. The van der Waals surface area contributed by atoms with Crippen LogP contribution in [0, 0.1) is 6.92 Å². The largest absolute Gasteiger partial charge is 0.449 e. The van der Waals surface area contributed by atoms with Crippen LogP contribution in [0.1, 0.15) is 28.5 Å². The van der Waals surface area contributed by atoms with E-state index >= 15 is 0 Å². The number of aryl methyl sites for hydroxylation is 1. The number of ether oxygens (including phenoxy) is 1. The molecule has 9 heteroatoms. The maximum absolute atomic E-state index is 12.4. The van der Waals surface area contributed by atoms with Gasteiger partial charge in [0.25, 0.3) is 5.91 Å². The minimum absolute atomic E-state index is 0.382. The number of carbonyl (C=O) groups is 3. The summed E-state index contributed by atoms with van der Waals surface area (Å²) in [5.41, 5.74) is 2.13. The minimum atomic E-state index is -1.10. The van der Waals surface area contributed by atoms with Gasteiger partial charge in [-0.15, -0.1) is 11.3 Å². The van der Waals surface area contributed by atoms with Crippen molar-refractivity contribution in [2.75, 3.05) is 7.05 Å². The number of rotatable bonds is 6. The van der Waals surface area contributed by atoms with Crippen LogP contribution in [0.2, 0.25) is 0 Å². The molecule has 0 unspecified atom stereocenters. The molecular formula is C17H19N3O4S2. The maximum Gasteiger partial charge on any atom is 0.339 e. The zero-order valence-corrected chi connectivity index (χ0v) is 16.2. The van der Waals surface area contributed by atoms with Gasteiger partial charge in [0.15, 0.2) is 6.10 Å². The second-order valence-electron chi connectivity index (χ2n) is 5.32. The van der Waals surface area contributed by atoms with Crippen LogP contribution in [0.5, 0.6) is 0 Å². The second-order valence-corrected chi connectivity index (χ2v) is 7.40. The fourth-order valence-corrected chi connectivity index (χ4v) is 3.79. The van der Waals surface area contributed by atoms with Gasteiger partial charge in [0, 0.05) is 23.9 Å². The van der Waals surface area contributed by atoms with E-state index in [0.29, 0.717) is 11.3 Å². The monoisotopic (exact) mass is 393 g/mol.